The van der Waals surface area contributed by atoms with Crippen LogP contribution in [-0.4, -0.2) is 15.0 Å². The zero-order valence-electron chi connectivity index (χ0n) is 11.7. The Bertz CT molecular complexity index is 629. The van der Waals surface area contributed by atoms with Crippen LogP contribution < -0.4 is 4.72 Å². The summed E-state index contributed by atoms with van der Waals surface area (Å²) in [5.41, 5.74) is 2.44. The zero-order valence-corrected chi connectivity index (χ0v) is 13.3. The number of nitrogens with one attached hydrogen (secondary N) is 1. The maximum Gasteiger partial charge on any atom is 0.250 e. The molecule has 20 heavy (non-hydrogen) atoms. The molecule has 1 aromatic heterocycles. The van der Waals surface area contributed by atoms with Crippen molar-refractivity contribution in [2.75, 3.05) is 6.54 Å². The van der Waals surface area contributed by atoms with Gasteiger partial charge in [0.2, 0.25) is 10.0 Å². The Labute approximate surface area is 124 Å². The average Bonchev–Trinajstić information content (AvgIpc) is 2.94. The second-order valence-corrected chi connectivity index (χ2v) is 7.92. The molecule has 0 radical (unpaired) electrons. The molecule has 0 spiro atoms. The third kappa shape index (κ3) is 3.91. The maximum atomic E-state index is 11.9. The molecule has 0 saturated carbocycles. The largest absolute Gasteiger partial charge is 0.250 e. The smallest absolute Gasteiger partial charge is 0.210 e. The van der Waals surface area contributed by atoms with E-state index in [9.17, 15) is 8.42 Å². The first-order valence-electron chi connectivity index (χ1n) is 6.61. The molecule has 0 bridgehead atoms. The molecule has 0 fully saturated rings. The number of thiophene rings is 1. The van der Waals surface area contributed by atoms with E-state index in [-0.39, 0.29) is 0 Å². The molecule has 1 N–H and O–H groups in total. The summed E-state index contributed by atoms with van der Waals surface area (Å²) < 4.78 is 26.9. The van der Waals surface area contributed by atoms with Crippen molar-refractivity contribution < 1.29 is 8.42 Å². The second kappa shape index (κ2) is 6.52. The molecule has 2 rings (SSSR count). The number of hydrogen-bond donors (Lipinski definition) is 1. The Hall–Kier alpha value is -1.17. The van der Waals surface area contributed by atoms with E-state index in [1.54, 1.807) is 17.5 Å². The molecule has 1 aromatic carbocycles. The van der Waals surface area contributed by atoms with Gasteiger partial charge in [0.05, 0.1) is 0 Å². The van der Waals surface area contributed by atoms with Crippen molar-refractivity contribution in [3.05, 3.63) is 52.9 Å². The van der Waals surface area contributed by atoms with Crippen molar-refractivity contribution in [3.63, 3.8) is 0 Å². The minimum Gasteiger partial charge on any atom is -0.210 e. The molecule has 0 aliphatic rings. The molecule has 0 saturated heterocycles. The summed E-state index contributed by atoms with van der Waals surface area (Å²) in [7, 11) is -3.34. The van der Waals surface area contributed by atoms with E-state index < -0.39 is 10.0 Å². The van der Waals surface area contributed by atoms with Crippen LogP contribution in [0, 0.1) is 0 Å². The fraction of sp³-hybridized carbons (Fsp3) is 0.333. The van der Waals surface area contributed by atoms with Crippen LogP contribution in [-0.2, 0) is 16.4 Å². The lowest BCUT2D eigenvalue weighted by Gasteiger charge is -2.08. The topological polar surface area (TPSA) is 46.2 Å². The average molecular weight is 309 g/mol. The van der Waals surface area contributed by atoms with Gasteiger partial charge in [-0.05, 0) is 34.9 Å². The third-order valence-corrected chi connectivity index (χ3v) is 5.97. The van der Waals surface area contributed by atoms with Crippen molar-refractivity contribution in [1.82, 2.24) is 4.72 Å². The predicted octanol–water partition coefficient (Wildman–Crippen LogP) is 3.39. The quantitative estimate of drug-likeness (QED) is 0.889. The SMILES string of the molecule is CC(C)c1ccc(CCNS(=O)(=O)c2cccs2)cc1. The van der Waals surface area contributed by atoms with Crippen molar-refractivity contribution in [1.29, 1.82) is 0 Å². The summed E-state index contributed by atoms with van der Waals surface area (Å²) in [6, 6.07) is 11.7. The minimum absolute atomic E-state index is 0.368. The number of rotatable bonds is 6. The normalized spacial score (nSPS) is 11.9. The lowest BCUT2D eigenvalue weighted by Crippen LogP contribution is -2.25. The van der Waals surface area contributed by atoms with Crippen LogP contribution in [0.15, 0.2) is 46.0 Å². The van der Waals surface area contributed by atoms with E-state index >= 15 is 0 Å². The van der Waals surface area contributed by atoms with Crippen molar-refractivity contribution in [2.24, 2.45) is 0 Å². The molecule has 0 unspecified atom stereocenters. The highest BCUT2D eigenvalue weighted by Crippen LogP contribution is 2.16. The Morgan fingerprint density at radius 1 is 1.15 bits per heavy atom. The summed E-state index contributed by atoms with van der Waals surface area (Å²) in [4.78, 5) is 0. The number of benzene rings is 1. The molecule has 3 nitrogen and oxygen atoms in total. The summed E-state index contributed by atoms with van der Waals surface area (Å²) >= 11 is 1.23. The monoisotopic (exact) mass is 309 g/mol. The van der Waals surface area contributed by atoms with Gasteiger partial charge in [-0.1, -0.05) is 44.2 Å². The van der Waals surface area contributed by atoms with Crippen LogP contribution in [0.1, 0.15) is 30.9 Å². The highest BCUT2D eigenvalue weighted by Gasteiger charge is 2.13. The molecular formula is C15H19NO2S2. The van der Waals surface area contributed by atoms with E-state index in [0.29, 0.717) is 23.1 Å². The molecule has 5 heteroatoms. The summed E-state index contributed by atoms with van der Waals surface area (Å²) in [5, 5.41) is 1.76. The van der Waals surface area contributed by atoms with Crippen molar-refractivity contribution in [2.45, 2.75) is 30.4 Å². The molecule has 108 valence electrons. The fourth-order valence-corrected chi connectivity index (χ4v) is 3.96. The van der Waals surface area contributed by atoms with E-state index in [1.165, 1.54) is 16.9 Å². The van der Waals surface area contributed by atoms with Gasteiger partial charge in [-0.2, -0.15) is 0 Å². The molecule has 2 aromatic rings. The molecule has 0 aliphatic heterocycles. The van der Waals surface area contributed by atoms with Crippen LogP contribution in [0.3, 0.4) is 0 Å². The summed E-state index contributed by atoms with van der Waals surface area (Å²) in [5.74, 6) is 0.515. The van der Waals surface area contributed by atoms with Crippen LogP contribution in [0.5, 0.6) is 0 Å². The van der Waals surface area contributed by atoms with E-state index in [4.69, 9.17) is 0 Å². The number of hydrogen-bond acceptors (Lipinski definition) is 3. The molecular weight excluding hydrogens is 290 g/mol. The lowest BCUT2D eigenvalue weighted by atomic mass is 10.0. The van der Waals surface area contributed by atoms with Gasteiger partial charge in [-0.3, -0.25) is 0 Å². The van der Waals surface area contributed by atoms with Gasteiger partial charge in [0.25, 0.3) is 0 Å². The first kappa shape index (κ1) is 15.2. The van der Waals surface area contributed by atoms with Crippen LogP contribution in [0.25, 0.3) is 0 Å². The third-order valence-electron chi connectivity index (χ3n) is 3.11. The Balaban J connectivity index is 1.90. The van der Waals surface area contributed by atoms with Crippen molar-refractivity contribution in [3.8, 4) is 0 Å². The predicted molar refractivity (Wildman–Crippen MR) is 83.7 cm³/mol. The Kier molecular flexibility index (Phi) is 4.96. The van der Waals surface area contributed by atoms with Gasteiger partial charge in [0, 0.05) is 6.54 Å². The van der Waals surface area contributed by atoms with Gasteiger partial charge in [-0.25, -0.2) is 13.1 Å². The molecule has 1 heterocycles. The van der Waals surface area contributed by atoms with E-state index in [0.717, 1.165) is 5.56 Å². The van der Waals surface area contributed by atoms with Crippen molar-refractivity contribution >= 4 is 21.4 Å². The standard InChI is InChI=1S/C15H19NO2S2/c1-12(2)14-7-5-13(6-8-14)9-10-16-20(17,18)15-4-3-11-19-15/h3-8,11-12,16H,9-10H2,1-2H3. The highest BCUT2D eigenvalue weighted by atomic mass is 32.2. The van der Waals surface area contributed by atoms with Crippen LogP contribution in [0.4, 0.5) is 0 Å². The fourth-order valence-electron chi connectivity index (χ4n) is 1.89. The Morgan fingerprint density at radius 3 is 2.40 bits per heavy atom. The summed E-state index contributed by atoms with van der Waals surface area (Å²) in [6.45, 7) is 4.73. The van der Waals surface area contributed by atoms with Gasteiger partial charge in [0.15, 0.2) is 0 Å². The minimum atomic E-state index is -3.34. The summed E-state index contributed by atoms with van der Waals surface area (Å²) in [6.07, 6.45) is 0.697. The molecule has 0 aliphatic carbocycles. The Morgan fingerprint density at radius 2 is 1.85 bits per heavy atom. The second-order valence-electron chi connectivity index (χ2n) is 4.98. The van der Waals surface area contributed by atoms with Crippen LogP contribution >= 0.6 is 11.3 Å². The highest BCUT2D eigenvalue weighted by molar-refractivity contribution is 7.91. The van der Waals surface area contributed by atoms with Crippen LogP contribution in [0.2, 0.25) is 0 Å². The molecule has 0 amide bonds. The first-order chi connectivity index (χ1) is 9.49. The van der Waals surface area contributed by atoms with Gasteiger partial charge < -0.3 is 0 Å². The zero-order chi connectivity index (χ0) is 14.6. The molecule has 0 atom stereocenters. The van der Waals surface area contributed by atoms with E-state index in [1.807, 2.05) is 0 Å². The van der Waals surface area contributed by atoms with Gasteiger partial charge in [-0.15, -0.1) is 11.3 Å². The van der Waals surface area contributed by atoms with Gasteiger partial charge >= 0.3 is 0 Å². The number of sulfonamides is 1. The van der Waals surface area contributed by atoms with Gasteiger partial charge in [0.1, 0.15) is 4.21 Å². The first-order valence-corrected chi connectivity index (χ1v) is 8.97. The lowest BCUT2D eigenvalue weighted by molar-refractivity contribution is 0.584. The van der Waals surface area contributed by atoms with E-state index in [2.05, 4.69) is 42.8 Å². The maximum absolute atomic E-state index is 11.9.